The van der Waals surface area contributed by atoms with Crippen molar-refractivity contribution in [1.82, 2.24) is 14.9 Å². The second-order valence-corrected chi connectivity index (χ2v) is 10.1. The van der Waals surface area contributed by atoms with E-state index in [1.165, 1.54) is 10.8 Å². The van der Waals surface area contributed by atoms with E-state index >= 15 is 0 Å². The normalized spacial score (nSPS) is 12.8. The van der Waals surface area contributed by atoms with E-state index < -0.39 is 47.2 Å². The molecule has 228 valence electrons. The van der Waals surface area contributed by atoms with Gasteiger partial charge in [0.05, 0.1) is 16.7 Å². The zero-order chi connectivity index (χ0) is 31.5. The van der Waals surface area contributed by atoms with Crippen molar-refractivity contribution < 1.29 is 41.0 Å². The van der Waals surface area contributed by atoms with Crippen molar-refractivity contribution in [3.05, 3.63) is 93.4 Å². The minimum atomic E-state index is -5.06. The van der Waals surface area contributed by atoms with E-state index in [0.29, 0.717) is 35.1 Å². The first-order chi connectivity index (χ1) is 20.2. The summed E-state index contributed by atoms with van der Waals surface area (Å²) in [7, 11) is 0. The van der Waals surface area contributed by atoms with Gasteiger partial charge in [-0.2, -0.15) is 26.3 Å². The van der Waals surface area contributed by atoms with Gasteiger partial charge >= 0.3 is 18.4 Å². The highest BCUT2D eigenvalue weighted by molar-refractivity contribution is 5.97. The predicted molar refractivity (Wildman–Crippen MR) is 146 cm³/mol. The molecule has 0 saturated heterocycles. The number of aliphatic hydroxyl groups excluding tert-OH is 1. The van der Waals surface area contributed by atoms with Gasteiger partial charge in [-0.05, 0) is 54.7 Å². The maximum atomic E-state index is 13.5. The van der Waals surface area contributed by atoms with Crippen molar-refractivity contribution in [2.45, 2.75) is 45.7 Å². The molecule has 0 fully saturated rings. The summed E-state index contributed by atoms with van der Waals surface area (Å²) in [6, 6.07) is 11.3. The fourth-order valence-electron chi connectivity index (χ4n) is 4.42. The van der Waals surface area contributed by atoms with Crippen molar-refractivity contribution in [3.63, 3.8) is 0 Å². The molecule has 2 aromatic carbocycles. The number of benzene rings is 2. The van der Waals surface area contributed by atoms with Gasteiger partial charge in [0.15, 0.2) is 0 Å². The molecule has 0 aliphatic rings. The van der Waals surface area contributed by atoms with Gasteiger partial charge in [-0.3, -0.25) is 14.3 Å². The number of fused-ring (bicyclic) bond motifs is 1. The Morgan fingerprint density at radius 1 is 1.02 bits per heavy atom. The minimum Gasteiger partial charge on any atom is -0.396 e. The van der Waals surface area contributed by atoms with Crippen LogP contribution in [0.2, 0.25) is 0 Å². The summed E-state index contributed by atoms with van der Waals surface area (Å²) in [6.07, 6.45) is -9.59. The lowest BCUT2D eigenvalue weighted by atomic mass is 10.0. The average molecular weight is 608 g/mol. The van der Waals surface area contributed by atoms with Crippen LogP contribution in [0.3, 0.4) is 0 Å². The van der Waals surface area contributed by atoms with Crippen LogP contribution in [0.4, 0.5) is 31.1 Å². The van der Waals surface area contributed by atoms with Gasteiger partial charge in [0.1, 0.15) is 5.52 Å². The van der Waals surface area contributed by atoms with Crippen LogP contribution >= 0.6 is 0 Å². The highest BCUT2D eigenvalue weighted by Gasteiger charge is 2.37. The van der Waals surface area contributed by atoms with Crippen LogP contribution in [0.15, 0.2) is 65.6 Å². The Bertz CT molecular complexity index is 1650. The van der Waals surface area contributed by atoms with Gasteiger partial charge in [0.25, 0.3) is 5.56 Å². The summed E-state index contributed by atoms with van der Waals surface area (Å²) in [4.78, 5) is 30.8. The van der Waals surface area contributed by atoms with E-state index in [4.69, 9.17) is 4.74 Å². The summed E-state index contributed by atoms with van der Waals surface area (Å²) in [5, 5.41) is 12.1. The first-order valence-corrected chi connectivity index (χ1v) is 13.1. The topological polar surface area (TPSA) is 93.5 Å². The van der Waals surface area contributed by atoms with E-state index in [2.05, 4.69) is 10.3 Å². The van der Waals surface area contributed by atoms with Crippen molar-refractivity contribution >= 4 is 17.0 Å². The van der Waals surface area contributed by atoms with Crippen LogP contribution in [0, 0.1) is 12.8 Å². The Kier molecular flexibility index (Phi) is 9.14. The smallest absolute Gasteiger partial charge is 0.396 e. The lowest BCUT2D eigenvalue weighted by Gasteiger charge is -2.20. The number of aryl methyl sites for hydroxylation is 1. The summed E-state index contributed by atoms with van der Waals surface area (Å²) in [5.41, 5.74) is -2.20. The number of hydrogen-bond acceptors (Lipinski definition) is 5. The number of ether oxygens (including phenoxy) is 1. The number of nitrogens with zero attached hydrogens (tertiary/aromatic N) is 2. The number of nitrogens with one attached hydrogen (secondary N) is 1. The third-order valence-electron chi connectivity index (χ3n) is 6.75. The van der Waals surface area contributed by atoms with E-state index in [-0.39, 0.29) is 36.5 Å². The molecule has 0 aliphatic carbocycles. The third-order valence-corrected chi connectivity index (χ3v) is 6.75. The molecule has 1 atom stereocenters. The molecule has 4 rings (SSSR count). The quantitative estimate of drug-likeness (QED) is 0.217. The van der Waals surface area contributed by atoms with Crippen LogP contribution in [0.1, 0.15) is 35.6 Å². The Balaban J connectivity index is 1.77. The molecule has 0 aliphatic heterocycles. The Hall–Kier alpha value is -4.39. The maximum absolute atomic E-state index is 13.5. The molecule has 1 amide bonds. The molecule has 2 N–H and O–H groups in total. The van der Waals surface area contributed by atoms with Gasteiger partial charge in [-0.1, -0.05) is 42.8 Å². The van der Waals surface area contributed by atoms with Crippen molar-refractivity contribution in [1.29, 1.82) is 0 Å². The molecular formula is C30H27F6N3O4. The molecule has 0 unspecified atom stereocenters. The monoisotopic (exact) mass is 607 g/mol. The highest BCUT2D eigenvalue weighted by atomic mass is 19.4. The van der Waals surface area contributed by atoms with E-state index in [9.17, 15) is 41.0 Å². The lowest BCUT2D eigenvalue weighted by molar-refractivity contribution is -0.143. The molecular weight excluding hydrogens is 580 g/mol. The number of carbonyl (C=O) groups is 1. The molecule has 2 heterocycles. The number of hydrogen-bond donors (Lipinski definition) is 2. The highest BCUT2D eigenvalue weighted by Crippen LogP contribution is 2.37. The fraction of sp³-hybridized carbons (Fsp3) is 0.300. The Labute approximate surface area is 241 Å². The van der Waals surface area contributed by atoms with Crippen molar-refractivity contribution in [2.24, 2.45) is 5.92 Å². The second-order valence-electron chi connectivity index (χ2n) is 10.1. The number of rotatable bonds is 8. The molecule has 43 heavy (non-hydrogen) atoms. The number of aromatic nitrogens is 2. The molecule has 7 nitrogen and oxygen atoms in total. The molecule has 2 aromatic heterocycles. The number of pyridine rings is 2. The summed E-state index contributed by atoms with van der Waals surface area (Å²) in [6.45, 7) is 2.73. The number of aliphatic hydroxyl groups is 1. The maximum Gasteiger partial charge on any atom is 0.416 e. The van der Waals surface area contributed by atoms with Crippen LogP contribution in [-0.4, -0.2) is 27.4 Å². The van der Waals surface area contributed by atoms with Crippen molar-refractivity contribution in [2.75, 3.05) is 6.61 Å². The zero-order valence-corrected chi connectivity index (χ0v) is 23.0. The first kappa shape index (κ1) is 31.5. The van der Waals surface area contributed by atoms with Gasteiger partial charge in [0.2, 0.25) is 5.88 Å². The largest absolute Gasteiger partial charge is 0.416 e. The Morgan fingerprint density at radius 2 is 1.65 bits per heavy atom. The van der Waals surface area contributed by atoms with Crippen molar-refractivity contribution in [3.8, 4) is 17.0 Å². The fourth-order valence-corrected chi connectivity index (χ4v) is 4.42. The van der Waals surface area contributed by atoms with E-state index in [1.54, 1.807) is 43.3 Å². The zero-order valence-electron chi connectivity index (χ0n) is 23.0. The van der Waals surface area contributed by atoms with Crippen LogP contribution in [0.5, 0.6) is 5.88 Å². The molecule has 0 radical (unpaired) electrons. The molecule has 0 spiro atoms. The lowest BCUT2D eigenvalue weighted by Crippen LogP contribution is -2.31. The van der Waals surface area contributed by atoms with Gasteiger partial charge in [-0.25, -0.2) is 4.79 Å². The number of alkyl halides is 6. The third kappa shape index (κ3) is 7.34. The van der Waals surface area contributed by atoms with Crippen LogP contribution < -0.4 is 15.6 Å². The number of halogens is 6. The predicted octanol–water partition coefficient (Wildman–Crippen LogP) is 6.72. The van der Waals surface area contributed by atoms with Gasteiger partial charge in [0, 0.05) is 31.3 Å². The molecule has 4 aromatic rings. The summed E-state index contributed by atoms with van der Waals surface area (Å²) < 4.78 is 86.5. The Morgan fingerprint density at radius 3 is 2.23 bits per heavy atom. The standard InChI is InChI=1S/C30H27F6N3O4/c1-17-5-7-20(8-6-17)24-23-4-3-10-37-25(23)26(41)39(11-9-18(2)16-40)27(24)43-28(42)38-15-19-12-21(29(31,32)33)14-22(13-19)30(34,35)36/h3-8,10,12-14,18,40H,9,11,15-16H2,1-2H3,(H,38,42)/t18-/m1/s1. The van der Waals surface area contributed by atoms with Gasteiger partial charge < -0.3 is 15.2 Å². The number of carbonyl (C=O) groups excluding carboxylic acids is 1. The van der Waals surface area contributed by atoms with Crippen LogP contribution in [0.25, 0.3) is 22.0 Å². The minimum absolute atomic E-state index is 0.00907. The summed E-state index contributed by atoms with van der Waals surface area (Å²) >= 11 is 0. The summed E-state index contributed by atoms with van der Waals surface area (Å²) in [5.74, 6) is -0.420. The molecule has 13 heteroatoms. The molecule has 0 bridgehead atoms. The van der Waals surface area contributed by atoms with E-state index in [0.717, 1.165) is 5.56 Å². The van der Waals surface area contributed by atoms with E-state index in [1.807, 2.05) is 6.92 Å². The second kappa shape index (κ2) is 12.5. The van der Waals surface area contributed by atoms with Gasteiger partial charge in [-0.15, -0.1) is 0 Å². The SMILES string of the molecule is Cc1ccc(-c2c(OC(=O)NCc3cc(C(F)(F)F)cc(C(F)(F)F)c3)n(CC[C@@H](C)CO)c(=O)c3ncccc23)cc1. The van der Waals surface area contributed by atoms with Crippen LogP contribution in [-0.2, 0) is 25.4 Å². The number of amides is 1. The first-order valence-electron chi connectivity index (χ1n) is 13.1. The average Bonchev–Trinajstić information content (AvgIpc) is 2.95. The molecule has 0 saturated carbocycles.